The van der Waals surface area contributed by atoms with E-state index >= 15 is 0 Å². The van der Waals surface area contributed by atoms with E-state index in [0.717, 1.165) is 0 Å². The minimum atomic E-state index is -1.13. The van der Waals surface area contributed by atoms with Crippen molar-refractivity contribution in [3.05, 3.63) is 12.7 Å². The van der Waals surface area contributed by atoms with Crippen LogP contribution in [-0.2, 0) is 9.57 Å². The number of anilines is 1. The topological polar surface area (TPSA) is 155 Å². The monoisotopic (exact) mass is 356 g/mol. The van der Waals surface area contributed by atoms with Gasteiger partial charge >= 0.3 is 0 Å². The molecule has 132 valence electrons. The zero-order valence-corrected chi connectivity index (χ0v) is 13.7. The number of rotatable bonds is 6. The second-order valence-electron chi connectivity index (χ2n) is 5.68. The fourth-order valence-electron chi connectivity index (χ4n) is 2.80. The predicted octanol–water partition coefficient (Wildman–Crippen LogP) is -1.00. The van der Waals surface area contributed by atoms with E-state index in [4.69, 9.17) is 16.4 Å². The molecule has 1 aliphatic heterocycles. The van der Waals surface area contributed by atoms with Crippen LogP contribution in [0.3, 0.4) is 0 Å². The molecule has 2 aromatic rings. The lowest BCUT2D eigenvalue weighted by atomic mass is 10.0. The van der Waals surface area contributed by atoms with Crippen molar-refractivity contribution in [2.24, 2.45) is 5.90 Å². The zero-order chi connectivity index (χ0) is 17.3. The summed E-state index contributed by atoms with van der Waals surface area (Å²) in [6.45, 7) is 0.352. The van der Waals surface area contributed by atoms with Crippen LogP contribution in [0.4, 0.5) is 5.82 Å². The van der Waals surface area contributed by atoms with Crippen molar-refractivity contribution >= 4 is 29.6 Å². The van der Waals surface area contributed by atoms with Crippen molar-refractivity contribution in [2.45, 2.75) is 42.6 Å². The number of aliphatic hydroxyl groups excluding tert-OH is 2. The van der Waals surface area contributed by atoms with Crippen LogP contribution < -0.4 is 11.6 Å². The predicted molar refractivity (Wildman–Crippen MR) is 87.8 cm³/mol. The number of aromatic nitrogens is 4. The number of aliphatic hydroxyl groups is 2. The maximum absolute atomic E-state index is 10.3. The first-order chi connectivity index (χ1) is 11.5. The van der Waals surface area contributed by atoms with Gasteiger partial charge in [-0.2, -0.15) is 12.6 Å². The lowest BCUT2D eigenvalue weighted by Crippen LogP contribution is -2.32. The first kappa shape index (κ1) is 17.3. The van der Waals surface area contributed by atoms with Gasteiger partial charge in [0.25, 0.3) is 0 Å². The molecule has 0 saturated carbocycles. The molecule has 11 heteroatoms. The Hall–Kier alpha value is -1.50. The van der Waals surface area contributed by atoms with Crippen molar-refractivity contribution in [3.8, 4) is 0 Å². The molecular formula is C13H20N6O4S. The van der Waals surface area contributed by atoms with E-state index in [2.05, 4.69) is 32.4 Å². The van der Waals surface area contributed by atoms with E-state index in [0.29, 0.717) is 30.6 Å². The molecule has 0 aliphatic carbocycles. The molecule has 0 spiro atoms. The number of nitrogens with zero attached hydrogens (tertiary/aromatic N) is 4. The number of thiol groups is 1. The number of imidazole rings is 1. The summed E-state index contributed by atoms with van der Waals surface area (Å²) in [6.07, 6.45) is 0.212. The number of fused-ring (bicyclic) bond motifs is 1. The van der Waals surface area contributed by atoms with Gasteiger partial charge in [0.15, 0.2) is 17.7 Å². The van der Waals surface area contributed by atoms with E-state index in [9.17, 15) is 10.2 Å². The van der Waals surface area contributed by atoms with Gasteiger partial charge in [0.1, 0.15) is 24.1 Å². The van der Waals surface area contributed by atoms with Crippen molar-refractivity contribution in [1.82, 2.24) is 19.5 Å². The maximum Gasteiger partial charge on any atom is 0.167 e. The number of nitrogens with two attached hydrogens (primary N) is 2. The molecule has 1 unspecified atom stereocenters. The molecule has 24 heavy (non-hydrogen) atoms. The van der Waals surface area contributed by atoms with Crippen LogP contribution in [0.2, 0.25) is 0 Å². The molecule has 1 saturated heterocycles. The summed E-state index contributed by atoms with van der Waals surface area (Å²) < 4.78 is 7.37. The smallest absolute Gasteiger partial charge is 0.167 e. The average Bonchev–Trinajstić information content (AvgIpc) is 3.10. The van der Waals surface area contributed by atoms with Crippen LogP contribution >= 0.6 is 12.6 Å². The van der Waals surface area contributed by atoms with E-state index in [-0.39, 0.29) is 11.1 Å². The van der Waals surface area contributed by atoms with Crippen LogP contribution in [-0.4, -0.2) is 59.9 Å². The highest BCUT2D eigenvalue weighted by Gasteiger charge is 2.44. The van der Waals surface area contributed by atoms with Crippen molar-refractivity contribution in [1.29, 1.82) is 0 Å². The molecule has 1 aliphatic rings. The Morgan fingerprint density at radius 2 is 2.12 bits per heavy atom. The van der Waals surface area contributed by atoms with Gasteiger partial charge in [0.05, 0.1) is 19.0 Å². The third kappa shape index (κ3) is 3.18. The molecule has 3 rings (SSSR count). The van der Waals surface area contributed by atoms with E-state index in [1.54, 1.807) is 0 Å². The Balaban J connectivity index is 1.78. The molecule has 0 radical (unpaired) electrons. The van der Waals surface area contributed by atoms with Crippen molar-refractivity contribution in [2.75, 3.05) is 12.3 Å². The zero-order valence-electron chi connectivity index (χ0n) is 12.8. The number of hydrogen-bond donors (Lipinski definition) is 5. The normalized spacial score (nSPS) is 28.5. The Kier molecular flexibility index (Phi) is 5.18. The molecule has 10 nitrogen and oxygen atoms in total. The molecular weight excluding hydrogens is 336 g/mol. The van der Waals surface area contributed by atoms with Crippen molar-refractivity contribution < 1.29 is 19.8 Å². The van der Waals surface area contributed by atoms with E-state index < -0.39 is 24.5 Å². The fourth-order valence-corrected chi connectivity index (χ4v) is 3.11. The van der Waals surface area contributed by atoms with Gasteiger partial charge in [-0.25, -0.2) is 20.8 Å². The molecule has 6 N–H and O–H groups in total. The van der Waals surface area contributed by atoms with Gasteiger partial charge in [-0.05, 0) is 12.8 Å². The van der Waals surface area contributed by atoms with Gasteiger partial charge in [-0.15, -0.1) is 0 Å². The largest absolute Gasteiger partial charge is 0.388 e. The quantitative estimate of drug-likeness (QED) is 0.323. The number of hydrogen-bond acceptors (Lipinski definition) is 10. The third-order valence-corrected chi connectivity index (χ3v) is 4.54. The minimum Gasteiger partial charge on any atom is -0.388 e. The van der Waals surface area contributed by atoms with E-state index in [1.807, 2.05) is 0 Å². The standard InChI is InChI=1S/C13H20N6O4S/c14-11-8-12(17-4-16-11)19(5-18-8)13-10(21)9(20)7(23-13)3-6(24)1-2-22-15/h4-7,9-10,13,20-21,24H,1-3,15H2,(H2,14,16,17)/t6?,7-,9-,10-,13-/m1/s1. The molecule has 3 heterocycles. The van der Waals surface area contributed by atoms with Crippen LogP contribution in [0.5, 0.6) is 0 Å². The van der Waals surface area contributed by atoms with Gasteiger partial charge in [-0.3, -0.25) is 4.57 Å². The lowest BCUT2D eigenvalue weighted by molar-refractivity contribution is -0.0373. The molecule has 5 atom stereocenters. The number of nitrogen functional groups attached to an aromatic ring is 1. The molecule has 0 amide bonds. The van der Waals surface area contributed by atoms with Crippen LogP contribution in [0.25, 0.3) is 11.2 Å². The van der Waals surface area contributed by atoms with Gasteiger partial charge in [0, 0.05) is 5.25 Å². The Bertz CT molecular complexity index is 700. The van der Waals surface area contributed by atoms with Crippen LogP contribution in [0, 0.1) is 0 Å². The Labute approximate surface area is 143 Å². The summed E-state index contributed by atoms with van der Waals surface area (Å²) in [5.74, 6) is 5.24. The second-order valence-corrected chi connectivity index (χ2v) is 6.41. The van der Waals surface area contributed by atoms with Gasteiger partial charge in [-0.1, -0.05) is 0 Å². The van der Waals surface area contributed by atoms with E-state index in [1.165, 1.54) is 17.2 Å². The summed E-state index contributed by atoms with van der Waals surface area (Å²) in [7, 11) is 0. The summed E-state index contributed by atoms with van der Waals surface area (Å²) in [5, 5.41) is 20.5. The van der Waals surface area contributed by atoms with Crippen molar-refractivity contribution in [3.63, 3.8) is 0 Å². The summed E-state index contributed by atoms with van der Waals surface area (Å²) in [6, 6.07) is 0. The number of ether oxygens (including phenoxy) is 1. The van der Waals surface area contributed by atoms with Gasteiger partial charge in [0.2, 0.25) is 0 Å². The lowest BCUT2D eigenvalue weighted by Gasteiger charge is -2.18. The van der Waals surface area contributed by atoms with Crippen LogP contribution in [0.15, 0.2) is 12.7 Å². The first-order valence-corrected chi connectivity index (χ1v) is 7.99. The average molecular weight is 356 g/mol. The highest BCUT2D eigenvalue weighted by atomic mass is 32.1. The molecule has 0 aromatic carbocycles. The molecule has 1 fully saturated rings. The molecule has 0 bridgehead atoms. The highest BCUT2D eigenvalue weighted by Crippen LogP contribution is 2.34. The SMILES string of the molecule is NOCCC(S)C[C@H]1O[C@@H](n2cnc3c(N)ncnc32)[C@H](O)[C@@H]1O. The minimum absolute atomic E-state index is 0.0864. The summed E-state index contributed by atoms with van der Waals surface area (Å²) >= 11 is 4.42. The second kappa shape index (κ2) is 7.17. The Morgan fingerprint density at radius 1 is 1.33 bits per heavy atom. The third-order valence-electron chi connectivity index (χ3n) is 4.07. The summed E-state index contributed by atoms with van der Waals surface area (Å²) in [5.41, 5.74) is 6.60. The Morgan fingerprint density at radius 3 is 2.88 bits per heavy atom. The highest BCUT2D eigenvalue weighted by molar-refractivity contribution is 7.80. The van der Waals surface area contributed by atoms with Crippen LogP contribution in [0.1, 0.15) is 19.1 Å². The maximum atomic E-state index is 10.3. The summed E-state index contributed by atoms with van der Waals surface area (Å²) in [4.78, 5) is 16.7. The fraction of sp³-hybridized carbons (Fsp3) is 0.615. The molecule has 2 aromatic heterocycles. The van der Waals surface area contributed by atoms with Gasteiger partial charge < -0.3 is 25.5 Å². The first-order valence-electron chi connectivity index (χ1n) is 7.47.